The van der Waals surface area contributed by atoms with E-state index in [0.29, 0.717) is 17.9 Å². The summed E-state index contributed by atoms with van der Waals surface area (Å²) >= 11 is 0. The first kappa shape index (κ1) is 25.6. The molecule has 1 fully saturated rings. The van der Waals surface area contributed by atoms with Gasteiger partial charge in [0.2, 0.25) is 0 Å². The van der Waals surface area contributed by atoms with Crippen molar-refractivity contribution in [2.24, 2.45) is 0 Å². The van der Waals surface area contributed by atoms with E-state index in [-0.39, 0.29) is 29.5 Å². The fourth-order valence-corrected chi connectivity index (χ4v) is 3.78. The van der Waals surface area contributed by atoms with Crippen LogP contribution in [0.1, 0.15) is 48.4 Å². The molecule has 0 bridgehead atoms. The minimum atomic E-state index is -0.428. The maximum atomic E-state index is 14.9. The summed E-state index contributed by atoms with van der Waals surface area (Å²) in [4.78, 5) is 22.9. The molecule has 182 valence electrons. The van der Waals surface area contributed by atoms with E-state index in [1.54, 1.807) is 6.20 Å². The largest absolute Gasteiger partial charge is 0.367 e. The second kappa shape index (κ2) is 10.5. The van der Waals surface area contributed by atoms with Gasteiger partial charge in [-0.25, -0.2) is 4.39 Å². The third-order valence-electron chi connectivity index (χ3n) is 5.70. The fourth-order valence-electron chi connectivity index (χ4n) is 3.78. The molecule has 1 aromatic carbocycles. The van der Waals surface area contributed by atoms with Gasteiger partial charge in [0.1, 0.15) is 0 Å². The number of carbonyl (C=O) groups is 1. The maximum Gasteiger partial charge on any atom is 0.315 e. The predicted octanol–water partition coefficient (Wildman–Crippen LogP) is 3.64. The van der Waals surface area contributed by atoms with Crippen LogP contribution >= 0.6 is 12.4 Å². The smallest absolute Gasteiger partial charge is 0.315 e. The summed E-state index contributed by atoms with van der Waals surface area (Å²) in [5, 5.41) is 10.0. The number of rotatable bonds is 5. The zero-order chi connectivity index (χ0) is 23.6. The standard InChI is InChI=1S/C24H29FN6O2.ClH/c1-15-11-16(20-18(25)13-27-14-19(20)31-9-7-26-8-10-31)5-6-17(15)12-28-21(32)22-29-23(30-33-22)24(2,3)4;/h5-6,11,13-14,26H,7-10,12H2,1-4H3,(H,28,32);1H. The first-order valence-electron chi connectivity index (χ1n) is 11.1. The molecule has 10 heteroatoms. The van der Waals surface area contributed by atoms with Crippen LogP contribution in [0.5, 0.6) is 0 Å². The molecule has 34 heavy (non-hydrogen) atoms. The number of amides is 1. The zero-order valence-electron chi connectivity index (χ0n) is 19.8. The number of nitrogens with zero attached hydrogens (tertiary/aromatic N) is 4. The Morgan fingerprint density at radius 2 is 1.97 bits per heavy atom. The number of benzene rings is 1. The number of hydrogen-bond donors (Lipinski definition) is 2. The average molecular weight is 489 g/mol. The summed E-state index contributed by atoms with van der Waals surface area (Å²) in [7, 11) is 0. The van der Waals surface area contributed by atoms with E-state index >= 15 is 0 Å². The van der Waals surface area contributed by atoms with Crippen molar-refractivity contribution in [2.75, 3.05) is 31.1 Å². The van der Waals surface area contributed by atoms with Crippen molar-refractivity contribution < 1.29 is 13.7 Å². The average Bonchev–Trinajstić information content (AvgIpc) is 3.30. The van der Waals surface area contributed by atoms with Gasteiger partial charge in [-0.1, -0.05) is 44.1 Å². The Morgan fingerprint density at radius 1 is 1.24 bits per heavy atom. The van der Waals surface area contributed by atoms with Crippen molar-refractivity contribution in [1.29, 1.82) is 0 Å². The predicted molar refractivity (Wildman–Crippen MR) is 131 cm³/mol. The number of piperazine rings is 1. The molecule has 1 amide bonds. The topological polar surface area (TPSA) is 96.2 Å². The Bertz CT molecular complexity index is 1150. The molecule has 0 unspecified atom stereocenters. The lowest BCUT2D eigenvalue weighted by molar-refractivity contribution is 0.0907. The molecule has 0 radical (unpaired) electrons. The molecule has 0 spiro atoms. The van der Waals surface area contributed by atoms with Crippen LogP contribution in [-0.4, -0.2) is 47.2 Å². The molecule has 1 aliphatic heterocycles. The van der Waals surface area contributed by atoms with Crippen LogP contribution in [0.25, 0.3) is 11.1 Å². The maximum absolute atomic E-state index is 14.9. The van der Waals surface area contributed by atoms with Crippen LogP contribution in [0.2, 0.25) is 0 Å². The Balaban J connectivity index is 0.00000324. The molecule has 3 aromatic rings. The minimum absolute atomic E-state index is 0. The third-order valence-corrected chi connectivity index (χ3v) is 5.70. The molecule has 1 aliphatic rings. The normalized spacial score (nSPS) is 14.0. The highest BCUT2D eigenvalue weighted by Crippen LogP contribution is 2.34. The van der Waals surface area contributed by atoms with Gasteiger partial charge in [0, 0.05) is 43.7 Å². The molecule has 0 aliphatic carbocycles. The van der Waals surface area contributed by atoms with Gasteiger partial charge in [0.15, 0.2) is 11.6 Å². The number of hydrogen-bond acceptors (Lipinski definition) is 7. The van der Waals surface area contributed by atoms with Crippen LogP contribution in [0.15, 0.2) is 35.1 Å². The third kappa shape index (κ3) is 5.53. The lowest BCUT2D eigenvalue weighted by atomic mass is 9.96. The number of pyridine rings is 1. The molecule has 2 N–H and O–H groups in total. The van der Waals surface area contributed by atoms with Crippen LogP contribution < -0.4 is 15.5 Å². The molecule has 8 nitrogen and oxygen atoms in total. The number of carbonyl (C=O) groups excluding carboxylic acids is 1. The van der Waals surface area contributed by atoms with E-state index in [9.17, 15) is 9.18 Å². The van der Waals surface area contributed by atoms with Gasteiger partial charge in [0.05, 0.1) is 18.1 Å². The van der Waals surface area contributed by atoms with Crippen LogP contribution in [0.4, 0.5) is 10.1 Å². The summed E-state index contributed by atoms with van der Waals surface area (Å²) < 4.78 is 20.0. The van der Waals surface area contributed by atoms with Gasteiger partial charge in [-0.05, 0) is 23.6 Å². The Morgan fingerprint density at radius 3 is 2.62 bits per heavy atom. The monoisotopic (exact) mass is 488 g/mol. The summed E-state index contributed by atoms with van der Waals surface area (Å²) in [5.41, 5.74) is 3.68. The van der Waals surface area contributed by atoms with Crippen molar-refractivity contribution in [2.45, 2.75) is 39.7 Å². The quantitative estimate of drug-likeness (QED) is 0.566. The van der Waals surface area contributed by atoms with E-state index < -0.39 is 5.91 Å². The van der Waals surface area contributed by atoms with Crippen molar-refractivity contribution in [3.8, 4) is 11.1 Å². The first-order valence-corrected chi connectivity index (χ1v) is 11.1. The molecule has 0 saturated carbocycles. The molecule has 3 heterocycles. The van der Waals surface area contributed by atoms with E-state index in [1.165, 1.54) is 6.20 Å². The van der Waals surface area contributed by atoms with Crippen LogP contribution in [0.3, 0.4) is 0 Å². The van der Waals surface area contributed by atoms with Crippen molar-refractivity contribution in [3.05, 3.63) is 59.3 Å². The molecular weight excluding hydrogens is 459 g/mol. The van der Waals surface area contributed by atoms with Gasteiger partial charge in [0.25, 0.3) is 0 Å². The number of aryl methyl sites for hydroxylation is 1. The molecule has 1 saturated heterocycles. The van der Waals surface area contributed by atoms with Crippen molar-refractivity contribution >= 4 is 24.0 Å². The van der Waals surface area contributed by atoms with Gasteiger partial charge in [-0.15, -0.1) is 12.4 Å². The van der Waals surface area contributed by atoms with Crippen LogP contribution in [0, 0.1) is 12.7 Å². The van der Waals surface area contributed by atoms with E-state index in [4.69, 9.17) is 4.52 Å². The summed E-state index contributed by atoms with van der Waals surface area (Å²) in [6, 6.07) is 5.72. The molecular formula is C24H30ClFN6O2. The van der Waals surface area contributed by atoms with E-state index in [0.717, 1.165) is 48.6 Å². The summed E-state index contributed by atoms with van der Waals surface area (Å²) in [6.45, 7) is 11.4. The lowest BCUT2D eigenvalue weighted by Crippen LogP contribution is -2.43. The molecule has 0 atom stereocenters. The molecule has 2 aromatic heterocycles. The van der Waals surface area contributed by atoms with E-state index in [2.05, 4.69) is 30.7 Å². The number of halogens is 2. The number of aromatic nitrogens is 3. The number of anilines is 1. The van der Waals surface area contributed by atoms with Crippen LogP contribution in [-0.2, 0) is 12.0 Å². The van der Waals surface area contributed by atoms with Crippen molar-refractivity contribution in [3.63, 3.8) is 0 Å². The summed E-state index contributed by atoms with van der Waals surface area (Å²) in [6.07, 6.45) is 2.98. The van der Waals surface area contributed by atoms with Gasteiger partial charge in [-0.3, -0.25) is 9.78 Å². The highest BCUT2D eigenvalue weighted by atomic mass is 35.5. The lowest BCUT2D eigenvalue weighted by Gasteiger charge is -2.31. The Kier molecular flexibility index (Phi) is 7.89. The highest BCUT2D eigenvalue weighted by molar-refractivity contribution is 5.89. The number of nitrogens with one attached hydrogen (secondary N) is 2. The Labute approximate surface area is 204 Å². The molecule has 4 rings (SSSR count). The zero-order valence-corrected chi connectivity index (χ0v) is 20.6. The second-order valence-electron chi connectivity index (χ2n) is 9.25. The van der Waals surface area contributed by atoms with E-state index in [1.807, 2.05) is 45.9 Å². The van der Waals surface area contributed by atoms with Crippen molar-refractivity contribution in [1.82, 2.24) is 25.8 Å². The highest BCUT2D eigenvalue weighted by Gasteiger charge is 2.24. The van der Waals surface area contributed by atoms with Gasteiger partial charge < -0.3 is 20.1 Å². The Hall–Kier alpha value is -3.04. The van der Waals surface area contributed by atoms with Gasteiger partial charge >= 0.3 is 11.8 Å². The SMILES string of the molecule is Cc1cc(-c2c(F)cncc2N2CCNCC2)ccc1CNC(=O)c1nc(C(C)(C)C)no1.Cl. The minimum Gasteiger partial charge on any atom is -0.367 e. The first-order chi connectivity index (χ1) is 15.7. The second-order valence-corrected chi connectivity index (χ2v) is 9.25. The van der Waals surface area contributed by atoms with Gasteiger partial charge in [-0.2, -0.15) is 4.98 Å². The fraction of sp³-hybridized carbons (Fsp3) is 0.417. The summed E-state index contributed by atoms with van der Waals surface area (Å²) in [5.74, 6) is -0.359.